The topological polar surface area (TPSA) is 71.2 Å². The van der Waals surface area contributed by atoms with E-state index in [2.05, 4.69) is 4.98 Å². The van der Waals surface area contributed by atoms with Gasteiger partial charge in [-0.05, 0) is 6.92 Å². The second-order valence-corrected chi connectivity index (χ2v) is 3.88. The lowest BCUT2D eigenvalue weighted by molar-refractivity contribution is -0.138. The normalized spacial score (nSPS) is 17.5. The van der Waals surface area contributed by atoms with Gasteiger partial charge in [-0.3, -0.25) is 4.79 Å². The number of aromatic nitrogens is 2. The van der Waals surface area contributed by atoms with Gasteiger partial charge in [0.1, 0.15) is 12.1 Å². The summed E-state index contributed by atoms with van der Waals surface area (Å²) in [6.45, 7) is 4.15. The molecule has 17 heavy (non-hydrogen) atoms. The Kier molecular flexibility index (Phi) is 3.40. The molecule has 1 amide bonds. The van der Waals surface area contributed by atoms with Gasteiger partial charge in [-0.25, -0.2) is 4.98 Å². The maximum Gasteiger partial charge on any atom is 0.245 e. The summed E-state index contributed by atoms with van der Waals surface area (Å²) in [5.41, 5.74) is 0. The molecule has 0 spiro atoms. The minimum atomic E-state index is -0.398. The average molecular weight is 234 g/mol. The molecule has 90 valence electrons. The van der Waals surface area contributed by atoms with Crippen molar-refractivity contribution in [1.82, 2.24) is 14.5 Å². The lowest BCUT2D eigenvalue weighted by Crippen LogP contribution is -2.43. The van der Waals surface area contributed by atoms with E-state index in [9.17, 15) is 4.79 Å². The van der Waals surface area contributed by atoms with Crippen LogP contribution in [0.3, 0.4) is 0 Å². The fraction of sp³-hybridized carbons (Fsp3) is 0.545. The minimum absolute atomic E-state index is 0.00259. The standard InChI is InChI=1S/C11H14N4O2/c1-9(15-3-2-13-10(15)8-12)11(16)14-4-6-17-7-5-14/h2-3,9H,4-7H2,1H3. The van der Waals surface area contributed by atoms with Crippen molar-refractivity contribution in [3.63, 3.8) is 0 Å². The number of nitrogens with zero attached hydrogens (tertiary/aromatic N) is 4. The second-order valence-electron chi connectivity index (χ2n) is 3.88. The van der Waals surface area contributed by atoms with E-state index in [0.717, 1.165) is 0 Å². The summed E-state index contributed by atoms with van der Waals surface area (Å²) in [7, 11) is 0. The molecule has 1 saturated heterocycles. The summed E-state index contributed by atoms with van der Waals surface area (Å²) in [6.07, 6.45) is 3.18. The Morgan fingerprint density at radius 3 is 2.94 bits per heavy atom. The predicted molar refractivity (Wildman–Crippen MR) is 59.1 cm³/mol. The summed E-state index contributed by atoms with van der Waals surface area (Å²) < 4.78 is 6.79. The number of imidazole rings is 1. The van der Waals surface area contributed by atoms with Crippen molar-refractivity contribution < 1.29 is 9.53 Å². The van der Waals surface area contributed by atoms with Crippen LogP contribution in [0, 0.1) is 11.3 Å². The number of hydrogen-bond acceptors (Lipinski definition) is 4. The Hall–Kier alpha value is -1.87. The largest absolute Gasteiger partial charge is 0.378 e. The molecule has 6 nitrogen and oxygen atoms in total. The van der Waals surface area contributed by atoms with Crippen molar-refractivity contribution in [2.45, 2.75) is 13.0 Å². The molecule has 1 fully saturated rings. The van der Waals surface area contributed by atoms with Crippen LogP contribution in [0.15, 0.2) is 12.4 Å². The zero-order valence-corrected chi connectivity index (χ0v) is 9.67. The molecule has 0 N–H and O–H groups in total. The van der Waals surface area contributed by atoms with Gasteiger partial charge in [-0.1, -0.05) is 0 Å². The number of carbonyl (C=O) groups excluding carboxylic acids is 1. The van der Waals surface area contributed by atoms with Crippen LogP contribution in [0.25, 0.3) is 0 Å². The Balaban J connectivity index is 2.11. The van der Waals surface area contributed by atoms with Gasteiger partial charge in [-0.15, -0.1) is 0 Å². The molecular weight excluding hydrogens is 220 g/mol. The quantitative estimate of drug-likeness (QED) is 0.731. The third-order valence-electron chi connectivity index (χ3n) is 2.87. The van der Waals surface area contributed by atoms with Crippen molar-refractivity contribution in [3.8, 4) is 6.07 Å². The zero-order valence-electron chi connectivity index (χ0n) is 9.67. The molecule has 0 radical (unpaired) electrons. The van der Waals surface area contributed by atoms with E-state index in [1.165, 1.54) is 6.20 Å². The maximum atomic E-state index is 12.2. The summed E-state index contributed by atoms with van der Waals surface area (Å²) in [4.78, 5) is 17.8. The summed E-state index contributed by atoms with van der Waals surface area (Å²) in [5.74, 6) is 0.266. The van der Waals surface area contributed by atoms with E-state index in [-0.39, 0.29) is 11.7 Å². The highest BCUT2D eigenvalue weighted by Gasteiger charge is 2.24. The Morgan fingerprint density at radius 2 is 2.29 bits per heavy atom. The highest BCUT2D eigenvalue weighted by Crippen LogP contribution is 2.13. The number of carbonyl (C=O) groups is 1. The Morgan fingerprint density at radius 1 is 1.59 bits per heavy atom. The number of rotatable bonds is 2. The molecule has 2 rings (SSSR count). The lowest BCUT2D eigenvalue weighted by Gasteiger charge is -2.29. The van der Waals surface area contributed by atoms with E-state index in [1.54, 1.807) is 22.6 Å². The molecule has 0 saturated carbocycles. The molecule has 2 heterocycles. The smallest absolute Gasteiger partial charge is 0.245 e. The van der Waals surface area contributed by atoms with Crippen LogP contribution in [-0.4, -0.2) is 46.7 Å². The van der Waals surface area contributed by atoms with Crippen molar-refractivity contribution in [2.75, 3.05) is 26.3 Å². The van der Waals surface area contributed by atoms with E-state index in [0.29, 0.717) is 26.3 Å². The first-order chi connectivity index (χ1) is 8.24. The molecule has 1 aliphatic rings. The highest BCUT2D eigenvalue weighted by atomic mass is 16.5. The van der Waals surface area contributed by atoms with Crippen LogP contribution in [-0.2, 0) is 9.53 Å². The molecule has 1 unspecified atom stereocenters. The van der Waals surface area contributed by atoms with Gasteiger partial charge in [0.25, 0.3) is 0 Å². The van der Waals surface area contributed by atoms with Crippen LogP contribution in [0.2, 0.25) is 0 Å². The third-order valence-corrected chi connectivity index (χ3v) is 2.87. The molecule has 0 bridgehead atoms. The first-order valence-corrected chi connectivity index (χ1v) is 5.53. The molecule has 1 aliphatic heterocycles. The Bertz CT molecular complexity index is 443. The molecule has 6 heteroatoms. The van der Waals surface area contributed by atoms with Gasteiger partial charge in [0, 0.05) is 25.5 Å². The lowest BCUT2D eigenvalue weighted by atomic mass is 10.2. The van der Waals surface area contributed by atoms with E-state index < -0.39 is 6.04 Å². The summed E-state index contributed by atoms with van der Waals surface area (Å²) in [6, 6.07) is 1.57. The minimum Gasteiger partial charge on any atom is -0.378 e. The van der Waals surface area contributed by atoms with Crippen molar-refractivity contribution in [2.24, 2.45) is 0 Å². The molecule has 1 aromatic rings. The van der Waals surface area contributed by atoms with Gasteiger partial charge < -0.3 is 14.2 Å². The van der Waals surface area contributed by atoms with E-state index >= 15 is 0 Å². The summed E-state index contributed by atoms with van der Waals surface area (Å²) >= 11 is 0. The SMILES string of the molecule is CC(C(=O)N1CCOCC1)n1ccnc1C#N. The van der Waals surface area contributed by atoms with Crippen LogP contribution >= 0.6 is 0 Å². The number of ether oxygens (including phenoxy) is 1. The highest BCUT2D eigenvalue weighted by molar-refractivity contribution is 5.80. The van der Waals surface area contributed by atoms with Gasteiger partial charge in [0.05, 0.1) is 13.2 Å². The van der Waals surface area contributed by atoms with Crippen LogP contribution in [0.1, 0.15) is 18.8 Å². The van der Waals surface area contributed by atoms with Crippen molar-refractivity contribution in [3.05, 3.63) is 18.2 Å². The van der Waals surface area contributed by atoms with Gasteiger partial charge >= 0.3 is 0 Å². The molecular formula is C11H14N4O2. The predicted octanol–water partition coefficient (Wildman–Crippen LogP) is 0.175. The van der Waals surface area contributed by atoms with Gasteiger partial charge in [-0.2, -0.15) is 5.26 Å². The van der Waals surface area contributed by atoms with Crippen LogP contribution in [0.4, 0.5) is 0 Å². The van der Waals surface area contributed by atoms with Crippen molar-refractivity contribution in [1.29, 1.82) is 5.26 Å². The molecule has 0 aliphatic carbocycles. The Labute approximate surface area is 99.4 Å². The van der Waals surface area contributed by atoms with E-state index in [4.69, 9.17) is 10.00 Å². The number of nitriles is 1. The number of morpholine rings is 1. The van der Waals surface area contributed by atoms with Gasteiger partial charge in [0.2, 0.25) is 11.7 Å². The fourth-order valence-electron chi connectivity index (χ4n) is 1.88. The molecule has 1 aromatic heterocycles. The third kappa shape index (κ3) is 2.29. The fourth-order valence-corrected chi connectivity index (χ4v) is 1.88. The van der Waals surface area contributed by atoms with Crippen LogP contribution in [0.5, 0.6) is 0 Å². The monoisotopic (exact) mass is 234 g/mol. The van der Waals surface area contributed by atoms with Crippen LogP contribution < -0.4 is 0 Å². The molecule has 0 aromatic carbocycles. The first kappa shape index (κ1) is 11.6. The van der Waals surface area contributed by atoms with Gasteiger partial charge in [0.15, 0.2) is 0 Å². The summed E-state index contributed by atoms with van der Waals surface area (Å²) in [5, 5.41) is 8.87. The first-order valence-electron chi connectivity index (χ1n) is 5.53. The zero-order chi connectivity index (χ0) is 12.3. The maximum absolute atomic E-state index is 12.2. The number of hydrogen-bond donors (Lipinski definition) is 0. The number of amides is 1. The van der Waals surface area contributed by atoms with E-state index in [1.807, 2.05) is 6.07 Å². The average Bonchev–Trinajstić information content (AvgIpc) is 2.86. The molecule has 1 atom stereocenters. The van der Waals surface area contributed by atoms with Crippen molar-refractivity contribution >= 4 is 5.91 Å². The second kappa shape index (κ2) is 4.97.